The van der Waals surface area contributed by atoms with E-state index in [0.29, 0.717) is 5.39 Å². The summed E-state index contributed by atoms with van der Waals surface area (Å²) < 4.78 is 0. The Morgan fingerprint density at radius 1 is 1.38 bits per heavy atom. The number of hydrogen-bond donors (Lipinski definition) is 3. The number of carbonyl (C=O) groups excluding carboxylic acids is 1. The first-order valence-corrected chi connectivity index (χ1v) is 6.48. The van der Waals surface area contributed by atoms with Crippen molar-refractivity contribution in [3.63, 3.8) is 0 Å². The summed E-state index contributed by atoms with van der Waals surface area (Å²) in [5.41, 5.74) is -1.99. The van der Waals surface area contributed by atoms with Crippen molar-refractivity contribution < 1.29 is 19.8 Å². The van der Waals surface area contributed by atoms with Gasteiger partial charge in [-0.3, -0.25) is 4.79 Å². The second kappa shape index (κ2) is 5.67. The maximum atomic E-state index is 12.0. The smallest absolute Gasteiger partial charge is 0.337 e. The number of amides is 1. The molecule has 1 aromatic heterocycles. The lowest BCUT2D eigenvalue weighted by atomic mass is 10.1. The zero-order valence-corrected chi connectivity index (χ0v) is 11.9. The first-order valence-electron chi connectivity index (χ1n) is 6.10. The van der Waals surface area contributed by atoms with E-state index < -0.39 is 24.0 Å². The van der Waals surface area contributed by atoms with Crippen LogP contribution < -0.4 is 5.32 Å². The number of carboxylic acids is 1. The van der Waals surface area contributed by atoms with Gasteiger partial charge in [0.1, 0.15) is 10.8 Å². The second-order valence-corrected chi connectivity index (χ2v) is 5.14. The number of carbonyl (C=O) groups is 2. The molecule has 21 heavy (non-hydrogen) atoms. The molecule has 1 atom stereocenters. The van der Waals surface area contributed by atoms with Gasteiger partial charge in [-0.2, -0.15) is 0 Å². The molecule has 0 radical (unpaired) electrons. The van der Waals surface area contributed by atoms with Crippen LogP contribution in [0.4, 0.5) is 0 Å². The van der Waals surface area contributed by atoms with Crippen LogP contribution in [0, 0.1) is 0 Å². The Morgan fingerprint density at radius 2 is 2.05 bits per heavy atom. The topological polar surface area (TPSA) is 99.5 Å². The molecule has 110 valence electrons. The molecule has 1 amide bonds. The van der Waals surface area contributed by atoms with E-state index in [1.54, 1.807) is 30.3 Å². The summed E-state index contributed by atoms with van der Waals surface area (Å²) in [6, 6.07) is 8.72. The van der Waals surface area contributed by atoms with Crippen LogP contribution >= 0.6 is 11.6 Å². The number of carboxylic acid groups (broad SMARTS) is 1. The molecule has 1 unspecified atom stereocenters. The van der Waals surface area contributed by atoms with E-state index in [1.807, 2.05) is 0 Å². The number of nitrogens with zero attached hydrogens (tertiary/aromatic N) is 1. The van der Waals surface area contributed by atoms with Crippen molar-refractivity contribution in [3.05, 3.63) is 41.2 Å². The van der Waals surface area contributed by atoms with Gasteiger partial charge >= 0.3 is 5.97 Å². The third-order valence-electron chi connectivity index (χ3n) is 2.98. The number of aromatic nitrogens is 1. The number of benzene rings is 1. The van der Waals surface area contributed by atoms with E-state index in [-0.39, 0.29) is 10.8 Å². The van der Waals surface area contributed by atoms with Gasteiger partial charge in [0.15, 0.2) is 5.60 Å². The van der Waals surface area contributed by atoms with Crippen molar-refractivity contribution in [2.24, 2.45) is 0 Å². The molecule has 2 rings (SSSR count). The van der Waals surface area contributed by atoms with E-state index in [0.717, 1.165) is 12.3 Å². The quantitative estimate of drug-likeness (QED) is 0.742. The molecule has 0 aliphatic carbocycles. The zero-order valence-electron chi connectivity index (χ0n) is 11.1. The van der Waals surface area contributed by atoms with Gasteiger partial charge in [0.25, 0.3) is 5.91 Å². The maximum Gasteiger partial charge on any atom is 0.337 e. The van der Waals surface area contributed by atoms with Crippen molar-refractivity contribution in [1.82, 2.24) is 10.3 Å². The average molecular weight is 309 g/mol. The lowest BCUT2D eigenvalue weighted by Gasteiger charge is -2.18. The van der Waals surface area contributed by atoms with Crippen LogP contribution in [0.1, 0.15) is 17.4 Å². The standard InChI is InChI=1S/C14H13ClN2O4/c1-14(21,13(19)20)7-16-12(18)10-6-8-4-2-3-5-9(8)11(15)17-10/h2-6,21H,7H2,1H3,(H,16,18)(H,19,20). The van der Waals surface area contributed by atoms with E-state index >= 15 is 0 Å². The average Bonchev–Trinajstić information content (AvgIpc) is 2.44. The van der Waals surface area contributed by atoms with Crippen LogP contribution in [-0.4, -0.2) is 39.2 Å². The summed E-state index contributed by atoms with van der Waals surface area (Å²) in [7, 11) is 0. The normalized spacial score (nSPS) is 13.7. The predicted molar refractivity (Wildman–Crippen MR) is 77.3 cm³/mol. The largest absolute Gasteiger partial charge is 0.479 e. The summed E-state index contributed by atoms with van der Waals surface area (Å²) in [6.07, 6.45) is 0. The minimum Gasteiger partial charge on any atom is -0.479 e. The van der Waals surface area contributed by atoms with Crippen LogP contribution in [0.2, 0.25) is 5.15 Å². The molecule has 6 nitrogen and oxygen atoms in total. The van der Waals surface area contributed by atoms with Gasteiger partial charge in [0.2, 0.25) is 0 Å². The van der Waals surface area contributed by atoms with E-state index in [4.69, 9.17) is 16.7 Å². The Morgan fingerprint density at radius 3 is 2.71 bits per heavy atom. The Kier molecular flexibility index (Phi) is 4.11. The Hall–Kier alpha value is -2.18. The first kappa shape index (κ1) is 15.2. The highest BCUT2D eigenvalue weighted by atomic mass is 35.5. The van der Waals surface area contributed by atoms with E-state index in [2.05, 4.69) is 10.3 Å². The number of pyridine rings is 1. The third-order valence-corrected chi connectivity index (χ3v) is 3.27. The molecule has 1 aromatic carbocycles. The highest BCUT2D eigenvalue weighted by molar-refractivity contribution is 6.34. The monoisotopic (exact) mass is 308 g/mol. The fraction of sp³-hybridized carbons (Fsp3) is 0.214. The van der Waals surface area contributed by atoms with Crippen molar-refractivity contribution in [2.45, 2.75) is 12.5 Å². The zero-order chi connectivity index (χ0) is 15.6. The summed E-state index contributed by atoms with van der Waals surface area (Å²) >= 11 is 6.01. The van der Waals surface area contributed by atoms with Crippen molar-refractivity contribution >= 4 is 34.2 Å². The molecule has 0 aliphatic rings. The van der Waals surface area contributed by atoms with Crippen LogP contribution in [-0.2, 0) is 4.79 Å². The molecular formula is C14H13ClN2O4. The lowest BCUT2D eigenvalue weighted by Crippen LogP contribution is -2.46. The predicted octanol–water partition coefficient (Wildman–Crippen LogP) is 1.45. The lowest BCUT2D eigenvalue weighted by molar-refractivity contribution is -0.155. The first-order chi connectivity index (χ1) is 9.81. The van der Waals surface area contributed by atoms with Crippen LogP contribution in [0.25, 0.3) is 10.8 Å². The molecule has 0 saturated carbocycles. The Balaban J connectivity index is 2.22. The van der Waals surface area contributed by atoms with Crippen molar-refractivity contribution in [1.29, 1.82) is 0 Å². The summed E-state index contributed by atoms with van der Waals surface area (Å²) in [5.74, 6) is -2.03. The summed E-state index contributed by atoms with van der Waals surface area (Å²) in [4.78, 5) is 26.7. The van der Waals surface area contributed by atoms with Crippen LogP contribution in [0.15, 0.2) is 30.3 Å². The molecule has 0 saturated heterocycles. The fourth-order valence-electron chi connectivity index (χ4n) is 1.69. The number of rotatable bonds is 4. The molecule has 0 bridgehead atoms. The molecule has 2 aromatic rings. The minimum atomic E-state index is -2.05. The van der Waals surface area contributed by atoms with Gasteiger partial charge in [0, 0.05) is 5.39 Å². The van der Waals surface area contributed by atoms with E-state index in [9.17, 15) is 14.7 Å². The molecule has 1 heterocycles. The summed E-state index contributed by atoms with van der Waals surface area (Å²) in [5, 5.41) is 22.3. The number of aliphatic hydroxyl groups is 1. The van der Waals surface area contributed by atoms with Gasteiger partial charge in [-0.1, -0.05) is 35.9 Å². The SMILES string of the molecule is CC(O)(CNC(=O)c1cc2ccccc2c(Cl)n1)C(=O)O. The highest BCUT2D eigenvalue weighted by Gasteiger charge is 2.30. The highest BCUT2D eigenvalue weighted by Crippen LogP contribution is 2.22. The number of fused-ring (bicyclic) bond motifs is 1. The number of aliphatic carboxylic acids is 1. The minimum absolute atomic E-state index is 0.0555. The van der Waals surface area contributed by atoms with Gasteiger partial charge in [-0.25, -0.2) is 9.78 Å². The Labute approximate surface area is 125 Å². The molecule has 7 heteroatoms. The fourth-order valence-corrected chi connectivity index (χ4v) is 1.95. The van der Waals surface area contributed by atoms with Gasteiger partial charge in [0.05, 0.1) is 6.54 Å². The van der Waals surface area contributed by atoms with Gasteiger partial charge in [-0.15, -0.1) is 0 Å². The number of halogens is 1. The van der Waals surface area contributed by atoms with Crippen molar-refractivity contribution in [2.75, 3.05) is 6.54 Å². The van der Waals surface area contributed by atoms with Crippen molar-refractivity contribution in [3.8, 4) is 0 Å². The molecule has 0 spiro atoms. The molecular weight excluding hydrogens is 296 g/mol. The molecule has 3 N–H and O–H groups in total. The van der Waals surface area contributed by atoms with E-state index in [1.165, 1.54) is 0 Å². The summed E-state index contributed by atoms with van der Waals surface area (Å²) in [6.45, 7) is 0.656. The Bertz CT molecular complexity index is 715. The molecule has 0 fully saturated rings. The van der Waals surface area contributed by atoms with Crippen LogP contribution in [0.5, 0.6) is 0 Å². The van der Waals surface area contributed by atoms with Gasteiger partial charge < -0.3 is 15.5 Å². The number of nitrogens with one attached hydrogen (secondary N) is 1. The van der Waals surface area contributed by atoms with Crippen LogP contribution in [0.3, 0.4) is 0 Å². The third kappa shape index (κ3) is 3.29. The maximum absolute atomic E-state index is 12.0. The van der Waals surface area contributed by atoms with Gasteiger partial charge in [-0.05, 0) is 18.4 Å². The number of hydrogen-bond acceptors (Lipinski definition) is 4. The second-order valence-electron chi connectivity index (χ2n) is 4.78. The molecule has 0 aliphatic heterocycles.